The molecule has 1 fully saturated rings. The van der Waals surface area contributed by atoms with E-state index >= 15 is 0 Å². The maximum Gasteiger partial charge on any atom is 0.271 e. The number of aromatic hydroxyl groups is 1. The lowest BCUT2D eigenvalue weighted by atomic mass is 9.98. The molecule has 2 amide bonds. The fourth-order valence-corrected chi connectivity index (χ4v) is 4.04. The van der Waals surface area contributed by atoms with E-state index in [9.17, 15) is 14.7 Å². The van der Waals surface area contributed by atoms with Gasteiger partial charge >= 0.3 is 0 Å². The number of hydrogen-bond acceptors (Lipinski definition) is 5. The molecule has 0 unspecified atom stereocenters. The predicted molar refractivity (Wildman–Crippen MR) is 131 cm³/mol. The average molecular weight is 475 g/mol. The van der Waals surface area contributed by atoms with Gasteiger partial charge in [0.1, 0.15) is 5.75 Å². The lowest BCUT2D eigenvalue weighted by molar-refractivity contribution is -0.131. The molecule has 172 valence electrons. The van der Waals surface area contributed by atoms with Crippen molar-refractivity contribution in [1.29, 1.82) is 5.26 Å². The van der Waals surface area contributed by atoms with Crippen molar-refractivity contribution in [2.24, 2.45) is 5.10 Å². The second kappa shape index (κ2) is 10.4. The zero-order valence-corrected chi connectivity index (χ0v) is 19.1. The molecule has 0 aliphatic heterocycles. The van der Waals surface area contributed by atoms with Crippen LogP contribution in [0.4, 0.5) is 0 Å². The van der Waals surface area contributed by atoms with Crippen LogP contribution in [0.2, 0.25) is 5.02 Å². The number of amides is 2. The zero-order valence-electron chi connectivity index (χ0n) is 18.4. The summed E-state index contributed by atoms with van der Waals surface area (Å²) >= 11 is 5.86. The van der Waals surface area contributed by atoms with Gasteiger partial charge in [0.15, 0.2) is 0 Å². The smallest absolute Gasteiger partial charge is 0.271 e. The molecule has 1 aliphatic rings. The summed E-state index contributed by atoms with van der Waals surface area (Å²) in [6.45, 7) is 0.467. The van der Waals surface area contributed by atoms with Crippen molar-refractivity contribution < 1.29 is 14.7 Å². The van der Waals surface area contributed by atoms with Crippen molar-refractivity contribution in [3.63, 3.8) is 0 Å². The summed E-state index contributed by atoms with van der Waals surface area (Å²) in [5, 5.41) is 24.4. The third kappa shape index (κ3) is 5.36. The molecule has 0 spiro atoms. The summed E-state index contributed by atoms with van der Waals surface area (Å²) < 4.78 is 0. The van der Waals surface area contributed by atoms with Gasteiger partial charge in [0, 0.05) is 23.7 Å². The maximum atomic E-state index is 13.0. The van der Waals surface area contributed by atoms with Gasteiger partial charge in [-0.15, -0.1) is 0 Å². The normalized spacial score (nSPS) is 13.1. The Labute approximate surface area is 202 Å². The van der Waals surface area contributed by atoms with Crippen LogP contribution in [0.3, 0.4) is 0 Å². The van der Waals surface area contributed by atoms with Crippen LogP contribution in [0.15, 0.2) is 59.7 Å². The van der Waals surface area contributed by atoms with Crippen molar-refractivity contribution in [3.8, 4) is 11.8 Å². The van der Waals surface area contributed by atoms with E-state index in [4.69, 9.17) is 16.9 Å². The quantitative estimate of drug-likeness (QED) is 0.372. The minimum absolute atomic E-state index is 0.0316. The highest BCUT2D eigenvalue weighted by atomic mass is 35.5. The molecule has 4 rings (SSSR count). The second-order valence-corrected chi connectivity index (χ2v) is 8.54. The van der Waals surface area contributed by atoms with Gasteiger partial charge in [0.2, 0.25) is 5.91 Å². The molecule has 1 saturated carbocycles. The molecule has 2 N–H and O–H groups in total. The minimum Gasteiger partial charge on any atom is -0.506 e. The van der Waals surface area contributed by atoms with Gasteiger partial charge in [-0.25, -0.2) is 5.43 Å². The van der Waals surface area contributed by atoms with Crippen LogP contribution in [0.25, 0.3) is 10.8 Å². The summed E-state index contributed by atoms with van der Waals surface area (Å²) in [5.41, 5.74) is 4.43. The first-order valence-corrected chi connectivity index (χ1v) is 11.3. The Morgan fingerprint density at radius 2 is 1.94 bits per heavy atom. The Morgan fingerprint density at radius 1 is 1.18 bits per heavy atom. The van der Waals surface area contributed by atoms with Crippen LogP contribution in [-0.2, 0) is 11.2 Å². The SMILES string of the molecule is N#CCCN(C(=O)Cc1ccc(C=NNC(=O)c2ccc(O)c(Cl)c2)c2ccccc12)C1CC1. The van der Waals surface area contributed by atoms with Gasteiger partial charge in [0.25, 0.3) is 5.91 Å². The number of hydrogen-bond donors (Lipinski definition) is 2. The van der Waals surface area contributed by atoms with Crippen LogP contribution in [0.1, 0.15) is 40.7 Å². The predicted octanol–water partition coefficient (Wildman–Crippen LogP) is 4.41. The first kappa shape index (κ1) is 23.3. The standard InChI is InChI=1S/C26H23ClN4O3/c27-23-14-18(8-11-24(23)32)26(34)30-29-16-19-7-6-17(21-4-1-2-5-22(19)21)15-25(33)31(13-3-12-28)20-9-10-20/h1-2,4-8,11,14,16,20,32H,3,9-10,13,15H2,(H,30,34). The molecular weight excluding hydrogens is 452 g/mol. The molecule has 3 aromatic rings. The highest BCUT2D eigenvalue weighted by Crippen LogP contribution is 2.29. The van der Waals surface area contributed by atoms with Crippen molar-refractivity contribution in [2.75, 3.05) is 6.54 Å². The van der Waals surface area contributed by atoms with E-state index in [2.05, 4.69) is 16.6 Å². The largest absolute Gasteiger partial charge is 0.506 e. The number of carbonyl (C=O) groups excluding carboxylic acids is 2. The van der Waals surface area contributed by atoms with Gasteiger partial charge < -0.3 is 10.0 Å². The van der Waals surface area contributed by atoms with Crippen molar-refractivity contribution >= 4 is 40.4 Å². The van der Waals surface area contributed by atoms with E-state index in [0.717, 1.165) is 34.7 Å². The Hall–Kier alpha value is -3.89. The number of nitrogens with one attached hydrogen (secondary N) is 1. The van der Waals surface area contributed by atoms with Crippen LogP contribution >= 0.6 is 11.6 Å². The van der Waals surface area contributed by atoms with E-state index in [1.807, 2.05) is 41.3 Å². The number of rotatable bonds is 8. The third-order valence-corrected chi connectivity index (χ3v) is 6.04. The molecule has 0 bridgehead atoms. The van der Waals surface area contributed by atoms with Gasteiger partial charge in [-0.2, -0.15) is 10.4 Å². The van der Waals surface area contributed by atoms with Crippen LogP contribution in [0, 0.1) is 11.3 Å². The number of fused-ring (bicyclic) bond motifs is 1. The first-order chi connectivity index (χ1) is 16.5. The number of hydrazone groups is 1. The topological polar surface area (TPSA) is 106 Å². The molecule has 3 aromatic carbocycles. The van der Waals surface area contributed by atoms with Crippen LogP contribution in [0.5, 0.6) is 5.75 Å². The van der Waals surface area contributed by atoms with Crippen molar-refractivity contribution in [3.05, 3.63) is 76.3 Å². The van der Waals surface area contributed by atoms with Gasteiger partial charge in [-0.05, 0) is 47.4 Å². The second-order valence-electron chi connectivity index (χ2n) is 8.13. The summed E-state index contributed by atoms with van der Waals surface area (Å²) in [7, 11) is 0. The number of phenols is 1. The zero-order chi connectivity index (χ0) is 24.1. The fraction of sp³-hybridized carbons (Fsp3) is 0.231. The van der Waals surface area contributed by atoms with E-state index in [1.165, 1.54) is 18.2 Å². The number of halogens is 1. The molecule has 34 heavy (non-hydrogen) atoms. The molecule has 1 aliphatic carbocycles. The van der Waals surface area contributed by atoms with Gasteiger partial charge in [0.05, 0.1) is 30.1 Å². The number of carbonyl (C=O) groups is 2. The summed E-state index contributed by atoms with van der Waals surface area (Å²) in [4.78, 5) is 27.1. The van der Waals surface area contributed by atoms with Crippen molar-refractivity contribution in [2.45, 2.75) is 31.7 Å². The molecule has 0 saturated heterocycles. The lowest BCUT2D eigenvalue weighted by Crippen LogP contribution is -2.35. The van der Waals surface area contributed by atoms with Gasteiger partial charge in [-0.3, -0.25) is 9.59 Å². The molecule has 0 aromatic heterocycles. The summed E-state index contributed by atoms with van der Waals surface area (Å²) in [5.74, 6) is -0.525. The Kier molecular flexibility index (Phi) is 7.09. The maximum absolute atomic E-state index is 13.0. The number of benzene rings is 3. The van der Waals surface area contributed by atoms with Crippen LogP contribution < -0.4 is 5.43 Å². The van der Waals surface area contributed by atoms with Gasteiger partial charge in [-0.1, -0.05) is 48.0 Å². The van der Waals surface area contributed by atoms with E-state index < -0.39 is 5.91 Å². The molecule has 7 nitrogen and oxygen atoms in total. The highest BCUT2D eigenvalue weighted by molar-refractivity contribution is 6.32. The molecule has 0 heterocycles. The Bertz CT molecular complexity index is 1310. The summed E-state index contributed by atoms with van der Waals surface area (Å²) in [6, 6.07) is 18.0. The first-order valence-electron chi connectivity index (χ1n) is 11.0. The van der Waals surface area contributed by atoms with E-state index in [-0.39, 0.29) is 34.7 Å². The molecule has 0 radical (unpaired) electrons. The third-order valence-electron chi connectivity index (χ3n) is 5.74. The molecule has 8 heteroatoms. The molecular formula is C26H23ClN4O3. The number of nitriles is 1. The lowest BCUT2D eigenvalue weighted by Gasteiger charge is -2.21. The minimum atomic E-state index is -0.456. The average Bonchev–Trinajstić information content (AvgIpc) is 3.67. The van der Waals surface area contributed by atoms with E-state index in [0.29, 0.717) is 13.0 Å². The monoisotopic (exact) mass is 474 g/mol. The Balaban J connectivity index is 1.51. The van der Waals surface area contributed by atoms with Crippen LogP contribution in [-0.4, -0.2) is 40.6 Å². The molecule has 0 atom stereocenters. The summed E-state index contributed by atoms with van der Waals surface area (Å²) in [6.07, 6.45) is 4.14. The fourth-order valence-electron chi connectivity index (χ4n) is 3.86. The number of phenolic OH excluding ortho intramolecular Hbond substituents is 1. The Morgan fingerprint density at radius 3 is 2.65 bits per heavy atom. The highest BCUT2D eigenvalue weighted by Gasteiger charge is 2.32. The number of nitrogens with zero attached hydrogens (tertiary/aromatic N) is 3. The van der Waals surface area contributed by atoms with Crippen molar-refractivity contribution in [1.82, 2.24) is 10.3 Å². The van der Waals surface area contributed by atoms with E-state index in [1.54, 1.807) is 6.21 Å².